The average Bonchev–Trinajstić information content (AvgIpc) is 3.07. The molecule has 0 spiro atoms. The number of nitrogens with one attached hydrogen (secondary N) is 2. The number of rotatable bonds is 11. The number of unbranched alkanes of at least 4 members (excludes halogenated alkanes) is 1. The van der Waals surface area contributed by atoms with Gasteiger partial charge < -0.3 is 29.7 Å². The number of benzene rings is 3. The molecule has 3 aromatic rings. The average molecular weight is 658 g/mol. The second-order valence-corrected chi connectivity index (χ2v) is 13.8. The van der Waals surface area contributed by atoms with Gasteiger partial charge in [-0.25, -0.2) is 4.79 Å². The summed E-state index contributed by atoms with van der Waals surface area (Å²) in [7, 11) is 1.72. The van der Waals surface area contributed by atoms with Crippen LogP contribution >= 0.6 is 0 Å². The third-order valence-electron chi connectivity index (χ3n) is 8.71. The lowest BCUT2D eigenvalue weighted by atomic mass is 9.69. The number of piperidine rings is 1. The smallest absolute Gasteiger partial charge is 0.410 e. The van der Waals surface area contributed by atoms with E-state index in [0.29, 0.717) is 26.2 Å². The molecule has 9 nitrogen and oxygen atoms in total. The first kappa shape index (κ1) is 36.5. The highest BCUT2D eigenvalue weighted by Gasteiger charge is 2.41. The van der Waals surface area contributed by atoms with Crippen molar-refractivity contribution >= 4 is 18.4 Å². The minimum Gasteiger partial charge on any atom is -0.457 e. The summed E-state index contributed by atoms with van der Waals surface area (Å²) in [6.45, 7) is 10.5. The minimum absolute atomic E-state index is 0.000961. The molecule has 2 aliphatic heterocycles. The maximum atomic E-state index is 12.5. The fourth-order valence-corrected chi connectivity index (χ4v) is 6.55. The molecule has 0 aromatic heterocycles. The number of methoxy groups -OCH3 is 1. The summed E-state index contributed by atoms with van der Waals surface area (Å²) in [5.41, 5.74) is 2.53. The van der Waals surface area contributed by atoms with Crippen molar-refractivity contribution in [3.63, 3.8) is 0 Å². The molecular formula is C39H51N3O6. The lowest BCUT2D eigenvalue weighted by Gasteiger charge is -2.40. The normalized spacial score (nSPS) is 17.7. The van der Waals surface area contributed by atoms with Crippen LogP contribution in [-0.2, 0) is 31.0 Å². The van der Waals surface area contributed by atoms with Crippen LogP contribution in [0.4, 0.5) is 4.79 Å². The molecule has 0 radical (unpaired) electrons. The van der Waals surface area contributed by atoms with E-state index in [4.69, 9.17) is 14.2 Å². The third-order valence-corrected chi connectivity index (χ3v) is 8.71. The zero-order valence-corrected chi connectivity index (χ0v) is 29.0. The monoisotopic (exact) mass is 657 g/mol. The van der Waals surface area contributed by atoms with Gasteiger partial charge in [0.2, 0.25) is 12.3 Å². The predicted octanol–water partition coefficient (Wildman–Crippen LogP) is 6.84. The molecule has 1 saturated heterocycles. The first-order valence-corrected chi connectivity index (χ1v) is 16.9. The Morgan fingerprint density at radius 1 is 0.938 bits per heavy atom. The molecule has 48 heavy (non-hydrogen) atoms. The lowest BCUT2D eigenvalue weighted by Crippen LogP contribution is -2.49. The molecule has 2 atom stereocenters. The molecule has 2 N–H and O–H groups in total. The number of ether oxygens (including phenoxy) is 3. The number of carbonyl (C=O) groups excluding carboxylic acids is 3. The minimum atomic E-state index is -0.525. The van der Waals surface area contributed by atoms with Crippen molar-refractivity contribution in [1.82, 2.24) is 15.5 Å². The van der Waals surface area contributed by atoms with Crippen LogP contribution in [0.1, 0.15) is 70.1 Å². The number of hydrogen-bond donors (Lipinski definition) is 2. The number of carbonyl (C=O) groups is 3. The number of para-hydroxylation sites is 2. The van der Waals surface area contributed by atoms with Gasteiger partial charge in [0.05, 0.1) is 5.92 Å². The van der Waals surface area contributed by atoms with Gasteiger partial charge in [-0.1, -0.05) is 73.7 Å². The van der Waals surface area contributed by atoms with Gasteiger partial charge in [0.25, 0.3) is 0 Å². The predicted molar refractivity (Wildman–Crippen MR) is 187 cm³/mol. The lowest BCUT2D eigenvalue weighted by molar-refractivity contribution is -0.127. The van der Waals surface area contributed by atoms with Crippen molar-refractivity contribution in [2.45, 2.75) is 70.9 Å². The van der Waals surface area contributed by atoms with E-state index in [1.54, 1.807) is 12.0 Å². The second-order valence-electron chi connectivity index (χ2n) is 13.8. The van der Waals surface area contributed by atoms with E-state index in [-0.39, 0.29) is 29.3 Å². The van der Waals surface area contributed by atoms with E-state index in [0.717, 1.165) is 66.9 Å². The first-order chi connectivity index (χ1) is 23.1. The summed E-state index contributed by atoms with van der Waals surface area (Å²) >= 11 is 0. The Hall–Kier alpha value is -4.37. The van der Waals surface area contributed by atoms with E-state index >= 15 is 0 Å². The van der Waals surface area contributed by atoms with Crippen molar-refractivity contribution in [3.05, 3.63) is 95.6 Å². The summed E-state index contributed by atoms with van der Waals surface area (Å²) in [5, 5.41) is 5.89. The molecule has 258 valence electrons. The van der Waals surface area contributed by atoms with Gasteiger partial charge in [-0.2, -0.15) is 0 Å². The number of hydrogen-bond acceptors (Lipinski definition) is 6. The largest absolute Gasteiger partial charge is 0.457 e. The van der Waals surface area contributed by atoms with E-state index in [2.05, 4.69) is 29.7 Å². The highest BCUT2D eigenvalue weighted by atomic mass is 16.6. The van der Waals surface area contributed by atoms with Crippen molar-refractivity contribution in [1.29, 1.82) is 0 Å². The molecule has 1 fully saturated rings. The van der Waals surface area contributed by atoms with Crippen LogP contribution in [0.3, 0.4) is 0 Å². The van der Waals surface area contributed by atoms with Gasteiger partial charge in [-0.3, -0.25) is 9.59 Å². The molecule has 0 bridgehead atoms. The van der Waals surface area contributed by atoms with Crippen molar-refractivity contribution in [3.8, 4) is 11.5 Å². The fourth-order valence-electron chi connectivity index (χ4n) is 6.55. The molecule has 2 unspecified atom stereocenters. The Morgan fingerprint density at radius 2 is 1.56 bits per heavy atom. The van der Waals surface area contributed by atoms with Crippen LogP contribution in [0.2, 0.25) is 0 Å². The molecule has 3 amide bonds. The number of nitrogens with zero attached hydrogens (tertiary/aromatic N) is 1. The highest BCUT2D eigenvalue weighted by Crippen LogP contribution is 2.50. The van der Waals surface area contributed by atoms with E-state index < -0.39 is 5.60 Å². The van der Waals surface area contributed by atoms with Crippen LogP contribution in [0.15, 0.2) is 78.9 Å². The third kappa shape index (κ3) is 9.83. The fraction of sp³-hybridized carbons (Fsp3) is 0.462. The summed E-state index contributed by atoms with van der Waals surface area (Å²) < 4.78 is 16.7. The number of amides is 3. The van der Waals surface area contributed by atoms with Gasteiger partial charge in [0.15, 0.2) is 0 Å². The number of likely N-dealkylation sites (tertiary alicyclic amines) is 1. The second kappa shape index (κ2) is 17.2. The Bertz CT molecular complexity index is 1440. The zero-order valence-electron chi connectivity index (χ0n) is 29.0. The summed E-state index contributed by atoms with van der Waals surface area (Å²) in [6, 6.07) is 26.0. The summed E-state index contributed by atoms with van der Waals surface area (Å²) in [4.78, 5) is 37.4. The Morgan fingerprint density at radius 3 is 2.17 bits per heavy atom. The highest BCUT2D eigenvalue weighted by molar-refractivity contribution is 5.80. The van der Waals surface area contributed by atoms with Gasteiger partial charge in [-0.05, 0) is 70.1 Å². The topological polar surface area (TPSA) is 106 Å². The standard InChI is InChI=1S/C20H23NO3.C19H28N2O3/c1-23-13-7-6-12-20(14-21-15-22)16-8-2-4-10-18(16)24-19-11-5-3-9-17(19)20;1-14-10-16(13-21(12-14)18(23)24-19(2,3)4)17(22)20-11-15-8-6-5-7-9-15/h2-5,8-11,15H,6-7,12-14H2,1H3,(H,21,22);5-9,14,16H,10-13H2,1-4H3,(H,20,22). The van der Waals surface area contributed by atoms with Crippen molar-refractivity contribution in [2.24, 2.45) is 11.8 Å². The maximum absolute atomic E-state index is 12.5. The Balaban J connectivity index is 0.000000217. The van der Waals surface area contributed by atoms with E-state index in [1.807, 2.05) is 87.5 Å². The van der Waals surface area contributed by atoms with Gasteiger partial charge in [0, 0.05) is 56.4 Å². The van der Waals surface area contributed by atoms with Crippen LogP contribution in [-0.4, -0.2) is 62.3 Å². The molecule has 2 heterocycles. The van der Waals surface area contributed by atoms with Crippen LogP contribution in [0, 0.1) is 11.8 Å². The number of fused-ring (bicyclic) bond motifs is 2. The van der Waals surface area contributed by atoms with Crippen LogP contribution < -0.4 is 15.4 Å². The van der Waals surface area contributed by atoms with Gasteiger partial charge in [0.1, 0.15) is 17.1 Å². The van der Waals surface area contributed by atoms with E-state index in [1.165, 1.54) is 0 Å². The summed E-state index contributed by atoms with van der Waals surface area (Å²) in [6.07, 6.45) is 4.16. The molecular weight excluding hydrogens is 606 g/mol. The maximum Gasteiger partial charge on any atom is 0.410 e. The molecule has 0 saturated carbocycles. The molecule has 5 rings (SSSR count). The van der Waals surface area contributed by atoms with Gasteiger partial charge >= 0.3 is 6.09 Å². The molecule has 0 aliphatic carbocycles. The molecule has 3 aromatic carbocycles. The SMILES string of the molecule is CC1CC(C(=O)NCc2ccccc2)CN(C(=O)OC(C)(C)C)C1.COCCCCC1(CNC=O)c2ccccc2Oc2ccccc21. The Kier molecular flexibility index (Phi) is 13.0. The molecule has 9 heteroatoms. The van der Waals surface area contributed by atoms with Crippen LogP contribution in [0.5, 0.6) is 11.5 Å². The Labute approximate surface area is 285 Å². The quantitative estimate of drug-likeness (QED) is 0.173. The van der Waals surface area contributed by atoms with Crippen molar-refractivity contribution < 1.29 is 28.6 Å². The van der Waals surface area contributed by atoms with Crippen LogP contribution in [0.25, 0.3) is 0 Å². The van der Waals surface area contributed by atoms with Gasteiger partial charge in [-0.15, -0.1) is 0 Å². The first-order valence-electron chi connectivity index (χ1n) is 16.9. The van der Waals surface area contributed by atoms with Crippen molar-refractivity contribution in [2.75, 3.05) is 33.4 Å². The molecule has 2 aliphatic rings. The summed E-state index contributed by atoms with van der Waals surface area (Å²) in [5.74, 6) is 1.83. The van der Waals surface area contributed by atoms with E-state index in [9.17, 15) is 14.4 Å². The zero-order chi connectivity index (χ0) is 34.6.